The Morgan fingerprint density at radius 2 is 2.41 bits per heavy atom. The molecule has 8 heteroatoms. The van der Waals surface area contributed by atoms with Crippen LogP contribution >= 0.6 is 0 Å². The largest absolute Gasteiger partial charge is 0.467 e. The molecular weight excluding hydrogens is 284 g/mol. The van der Waals surface area contributed by atoms with Crippen molar-refractivity contribution in [2.75, 3.05) is 19.0 Å². The van der Waals surface area contributed by atoms with E-state index in [1.54, 1.807) is 18.5 Å². The number of urea groups is 1. The standard InChI is InChI=1S/C14H18N6O2/c1-22-13-15-6-5-12(18-13)19-14(21)20-7-3-2-4-11(20)10-8-16-17-9-10/h5-6,8-9,11H,2-4,7H2,1H3,(H,16,17)(H,15,18,19,21)/t11-/m0/s1. The van der Waals surface area contributed by atoms with Gasteiger partial charge in [-0.1, -0.05) is 0 Å². The summed E-state index contributed by atoms with van der Waals surface area (Å²) >= 11 is 0. The Morgan fingerprint density at radius 3 is 3.18 bits per heavy atom. The van der Waals surface area contributed by atoms with Crippen molar-refractivity contribution in [1.29, 1.82) is 0 Å². The van der Waals surface area contributed by atoms with Gasteiger partial charge in [0.05, 0.1) is 19.3 Å². The van der Waals surface area contributed by atoms with Crippen LogP contribution in [0.15, 0.2) is 24.7 Å². The summed E-state index contributed by atoms with van der Waals surface area (Å²) in [4.78, 5) is 22.4. The fourth-order valence-corrected chi connectivity index (χ4v) is 2.65. The van der Waals surface area contributed by atoms with E-state index in [1.807, 2.05) is 11.1 Å². The summed E-state index contributed by atoms with van der Waals surface area (Å²) in [6.07, 6.45) is 8.18. The Labute approximate surface area is 127 Å². The van der Waals surface area contributed by atoms with Crippen LogP contribution in [0.2, 0.25) is 0 Å². The molecule has 1 aliphatic heterocycles. The first-order valence-electron chi connectivity index (χ1n) is 7.21. The lowest BCUT2D eigenvalue weighted by molar-refractivity contribution is 0.163. The first kappa shape index (κ1) is 14.3. The molecule has 22 heavy (non-hydrogen) atoms. The summed E-state index contributed by atoms with van der Waals surface area (Å²) < 4.78 is 4.96. The average Bonchev–Trinajstić information content (AvgIpc) is 3.09. The first-order chi connectivity index (χ1) is 10.8. The molecule has 2 N–H and O–H groups in total. The average molecular weight is 302 g/mol. The number of amides is 2. The zero-order valence-electron chi connectivity index (χ0n) is 12.3. The van der Waals surface area contributed by atoms with E-state index in [-0.39, 0.29) is 18.1 Å². The van der Waals surface area contributed by atoms with Crippen molar-refractivity contribution in [2.45, 2.75) is 25.3 Å². The van der Waals surface area contributed by atoms with Gasteiger partial charge in [-0.05, 0) is 25.3 Å². The monoisotopic (exact) mass is 302 g/mol. The molecule has 1 fully saturated rings. The quantitative estimate of drug-likeness (QED) is 0.903. The number of H-pyrrole nitrogens is 1. The number of nitrogens with zero attached hydrogens (tertiary/aromatic N) is 4. The minimum Gasteiger partial charge on any atom is -0.467 e. The number of hydrogen-bond donors (Lipinski definition) is 2. The molecule has 2 amide bonds. The Morgan fingerprint density at radius 1 is 1.50 bits per heavy atom. The maximum absolute atomic E-state index is 12.6. The number of likely N-dealkylation sites (tertiary alicyclic amines) is 1. The van der Waals surface area contributed by atoms with E-state index in [4.69, 9.17) is 4.74 Å². The molecule has 3 heterocycles. The van der Waals surface area contributed by atoms with Gasteiger partial charge in [-0.3, -0.25) is 10.4 Å². The minimum absolute atomic E-state index is 0.0382. The molecule has 0 unspecified atom stereocenters. The number of piperidine rings is 1. The molecule has 0 bridgehead atoms. The lowest BCUT2D eigenvalue weighted by Gasteiger charge is -2.35. The smallest absolute Gasteiger partial charge is 0.323 e. The van der Waals surface area contributed by atoms with Crippen molar-refractivity contribution in [3.05, 3.63) is 30.2 Å². The number of aromatic amines is 1. The normalized spacial score (nSPS) is 18.0. The number of hydrogen-bond acceptors (Lipinski definition) is 5. The van der Waals surface area contributed by atoms with E-state index in [1.165, 1.54) is 7.11 Å². The molecule has 0 aromatic carbocycles. The van der Waals surface area contributed by atoms with Gasteiger partial charge < -0.3 is 9.64 Å². The topological polar surface area (TPSA) is 96.0 Å². The third-order valence-electron chi connectivity index (χ3n) is 3.72. The van der Waals surface area contributed by atoms with Gasteiger partial charge in [-0.2, -0.15) is 10.1 Å². The van der Waals surface area contributed by atoms with Crippen LogP contribution in [0.1, 0.15) is 30.9 Å². The summed E-state index contributed by atoms with van der Waals surface area (Å²) in [6.45, 7) is 0.712. The fourth-order valence-electron chi connectivity index (χ4n) is 2.65. The van der Waals surface area contributed by atoms with Crippen LogP contribution in [0.4, 0.5) is 10.6 Å². The molecule has 2 aromatic heterocycles. The molecule has 2 aromatic rings. The van der Waals surface area contributed by atoms with Gasteiger partial charge in [0.1, 0.15) is 5.82 Å². The lowest BCUT2D eigenvalue weighted by atomic mass is 9.98. The molecular formula is C14H18N6O2. The zero-order chi connectivity index (χ0) is 15.4. The minimum atomic E-state index is -0.174. The molecule has 8 nitrogen and oxygen atoms in total. The molecule has 1 atom stereocenters. The van der Waals surface area contributed by atoms with E-state index < -0.39 is 0 Å². The van der Waals surface area contributed by atoms with Crippen LogP contribution in [0.5, 0.6) is 6.01 Å². The van der Waals surface area contributed by atoms with E-state index in [0.717, 1.165) is 24.8 Å². The van der Waals surface area contributed by atoms with Crippen molar-refractivity contribution in [1.82, 2.24) is 25.1 Å². The summed E-state index contributed by atoms with van der Waals surface area (Å²) in [5.41, 5.74) is 1.02. The van der Waals surface area contributed by atoms with Crippen LogP contribution < -0.4 is 10.1 Å². The van der Waals surface area contributed by atoms with Crippen LogP contribution in [0, 0.1) is 0 Å². The lowest BCUT2D eigenvalue weighted by Crippen LogP contribution is -2.41. The SMILES string of the molecule is COc1nccc(NC(=O)N2CCCC[C@H]2c2cn[nH]c2)n1. The second-order valence-electron chi connectivity index (χ2n) is 5.10. The summed E-state index contributed by atoms with van der Waals surface area (Å²) in [5.74, 6) is 0.424. The van der Waals surface area contributed by atoms with Crippen LogP contribution in [0.3, 0.4) is 0 Å². The molecule has 0 saturated carbocycles. The Balaban J connectivity index is 1.74. The molecule has 0 aliphatic carbocycles. The van der Waals surface area contributed by atoms with Gasteiger partial charge in [0.2, 0.25) is 0 Å². The number of ether oxygens (including phenoxy) is 1. The predicted octanol–water partition coefficient (Wildman–Crippen LogP) is 1.97. The van der Waals surface area contributed by atoms with Crippen LogP contribution in [-0.4, -0.2) is 44.8 Å². The summed E-state index contributed by atoms with van der Waals surface area (Å²) in [5, 5.41) is 9.59. The third-order valence-corrected chi connectivity index (χ3v) is 3.72. The number of aromatic nitrogens is 4. The highest BCUT2D eigenvalue weighted by atomic mass is 16.5. The maximum Gasteiger partial charge on any atom is 0.323 e. The number of nitrogens with one attached hydrogen (secondary N) is 2. The van der Waals surface area contributed by atoms with Crippen molar-refractivity contribution in [3.63, 3.8) is 0 Å². The third kappa shape index (κ3) is 3.00. The molecule has 1 aliphatic rings. The highest BCUT2D eigenvalue weighted by molar-refractivity contribution is 5.88. The van der Waals surface area contributed by atoms with Gasteiger partial charge in [0.15, 0.2) is 0 Å². The van der Waals surface area contributed by atoms with Crippen molar-refractivity contribution in [2.24, 2.45) is 0 Å². The Bertz CT molecular complexity index is 630. The predicted molar refractivity (Wildman–Crippen MR) is 79.5 cm³/mol. The van der Waals surface area contributed by atoms with Gasteiger partial charge in [0, 0.05) is 24.5 Å². The first-order valence-corrected chi connectivity index (χ1v) is 7.21. The number of carbonyl (C=O) groups excluding carboxylic acids is 1. The van der Waals surface area contributed by atoms with Gasteiger partial charge in [-0.25, -0.2) is 9.78 Å². The van der Waals surface area contributed by atoms with Crippen LogP contribution in [0.25, 0.3) is 0 Å². The van der Waals surface area contributed by atoms with Crippen molar-refractivity contribution >= 4 is 11.8 Å². The second-order valence-corrected chi connectivity index (χ2v) is 5.10. The molecule has 1 saturated heterocycles. The highest BCUT2D eigenvalue weighted by Gasteiger charge is 2.28. The van der Waals surface area contributed by atoms with Gasteiger partial charge in [-0.15, -0.1) is 0 Å². The summed E-state index contributed by atoms with van der Waals surface area (Å²) in [6, 6.07) is 1.72. The van der Waals surface area contributed by atoms with E-state index in [2.05, 4.69) is 25.5 Å². The molecule has 116 valence electrons. The van der Waals surface area contributed by atoms with E-state index in [9.17, 15) is 4.79 Å². The Hall–Kier alpha value is -2.64. The Kier molecular flexibility index (Phi) is 4.17. The number of carbonyl (C=O) groups is 1. The molecule has 0 radical (unpaired) electrons. The zero-order valence-corrected chi connectivity index (χ0v) is 12.3. The summed E-state index contributed by atoms with van der Waals surface area (Å²) in [7, 11) is 1.49. The van der Waals surface area contributed by atoms with Gasteiger partial charge >= 0.3 is 12.0 Å². The van der Waals surface area contributed by atoms with Crippen molar-refractivity contribution in [3.8, 4) is 6.01 Å². The number of rotatable bonds is 3. The van der Waals surface area contributed by atoms with Crippen LogP contribution in [-0.2, 0) is 0 Å². The van der Waals surface area contributed by atoms with E-state index in [0.29, 0.717) is 12.4 Å². The number of anilines is 1. The van der Waals surface area contributed by atoms with Crippen molar-refractivity contribution < 1.29 is 9.53 Å². The molecule has 3 rings (SSSR count). The van der Waals surface area contributed by atoms with Gasteiger partial charge in [0.25, 0.3) is 0 Å². The maximum atomic E-state index is 12.6. The fraction of sp³-hybridized carbons (Fsp3) is 0.429. The van der Waals surface area contributed by atoms with E-state index >= 15 is 0 Å². The highest BCUT2D eigenvalue weighted by Crippen LogP contribution is 2.30. The molecule has 0 spiro atoms. The second kappa shape index (κ2) is 6.42. The number of methoxy groups -OCH3 is 1.